The smallest absolute Gasteiger partial charge is 0.321 e. The number of nitrogens with one attached hydrogen (secondary N) is 8. The lowest BCUT2D eigenvalue weighted by molar-refractivity contribution is 0.231. The molecule has 0 spiro atoms. The maximum Gasteiger partial charge on any atom is 0.321 e. The van der Waals surface area contributed by atoms with Crippen molar-refractivity contribution >= 4 is 35.6 Å². The minimum atomic E-state index is -0.477. The van der Waals surface area contributed by atoms with Gasteiger partial charge in [0, 0.05) is 39.3 Å². The predicted molar refractivity (Wildman–Crippen MR) is 135 cm³/mol. The predicted octanol–water partition coefficient (Wildman–Crippen LogP) is 1.32. The Morgan fingerprint density at radius 2 is 1.40 bits per heavy atom. The average molecular weight is 491 g/mol. The van der Waals surface area contributed by atoms with E-state index >= 15 is 0 Å². The van der Waals surface area contributed by atoms with Gasteiger partial charge in [-0.1, -0.05) is 20.8 Å². The summed E-state index contributed by atoms with van der Waals surface area (Å²) in [5, 5.41) is 16.1. The Bertz CT molecular complexity index is 1130. The number of carbonyl (C=O) groups is 2. The largest absolute Gasteiger partial charge is 0.373 e. The summed E-state index contributed by atoms with van der Waals surface area (Å²) >= 11 is 0. The number of aromatic amines is 2. The van der Waals surface area contributed by atoms with E-state index in [9.17, 15) is 19.2 Å². The molecule has 0 aliphatic heterocycles. The van der Waals surface area contributed by atoms with Crippen LogP contribution in [-0.2, 0) is 0 Å². The van der Waals surface area contributed by atoms with Crippen molar-refractivity contribution in [3.05, 3.63) is 32.8 Å². The lowest BCUT2D eigenvalue weighted by Crippen LogP contribution is -2.38. The van der Waals surface area contributed by atoms with Crippen molar-refractivity contribution in [1.29, 1.82) is 0 Å². The van der Waals surface area contributed by atoms with E-state index in [1.807, 2.05) is 13.8 Å². The molecule has 0 saturated heterocycles. The van der Waals surface area contributed by atoms with Gasteiger partial charge >= 0.3 is 12.1 Å². The zero-order valence-corrected chi connectivity index (χ0v) is 20.6. The highest BCUT2D eigenvalue weighted by atomic mass is 16.2. The first-order valence-corrected chi connectivity index (χ1v) is 11.2. The molecule has 0 aliphatic rings. The fourth-order valence-corrected chi connectivity index (χ4v) is 3.46. The number of carbonyl (C=O) groups excluding carboxylic acids is 2. The van der Waals surface area contributed by atoms with Gasteiger partial charge in [0.1, 0.15) is 11.6 Å². The molecule has 14 nitrogen and oxygen atoms in total. The monoisotopic (exact) mass is 490 g/mol. The Morgan fingerprint density at radius 3 is 1.89 bits per heavy atom. The first kappa shape index (κ1) is 27.1. The van der Waals surface area contributed by atoms with Crippen LogP contribution in [0.2, 0.25) is 0 Å². The summed E-state index contributed by atoms with van der Waals surface area (Å²) in [6.45, 7) is 6.95. The fourth-order valence-electron chi connectivity index (χ4n) is 3.46. The second kappa shape index (κ2) is 12.4. The van der Waals surface area contributed by atoms with Gasteiger partial charge in [-0.25, -0.2) is 9.59 Å². The van der Waals surface area contributed by atoms with Gasteiger partial charge in [-0.2, -0.15) is 9.97 Å². The molecule has 8 N–H and O–H groups in total. The third kappa shape index (κ3) is 9.73. The highest BCUT2D eigenvalue weighted by molar-refractivity contribution is 5.87. The van der Waals surface area contributed by atoms with Crippen molar-refractivity contribution in [2.24, 2.45) is 11.3 Å². The Balaban J connectivity index is 1.73. The molecule has 0 aliphatic carbocycles. The molecular weight excluding hydrogens is 456 g/mol. The molecule has 2 heterocycles. The Morgan fingerprint density at radius 1 is 0.914 bits per heavy atom. The number of hydrogen-bond donors (Lipinski definition) is 8. The molecule has 192 valence electrons. The van der Waals surface area contributed by atoms with E-state index in [0.29, 0.717) is 31.1 Å². The number of urea groups is 2. The number of aromatic nitrogens is 4. The maximum atomic E-state index is 12.2. The van der Waals surface area contributed by atoms with Gasteiger partial charge in [-0.3, -0.25) is 30.2 Å². The van der Waals surface area contributed by atoms with Gasteiger partial charge in [0.05, 0.1) is 0 Å². The molecule has 0 bridgehead atoms. The van der Waals surface area contributed by atoms with E-state index in [0.717, 1.165) is 6.42 Å². The van der Waals surface area contributed by atoms with Crippen molar-refractivity contribution in [1.82, 2.24) is 30.6 Å². The minimum Gasteiger partial charge on any atom is -0.373 e. The molecule has 0 radical (unpaired) electrons. The van der Waals surface area contributed by atoms with Crippen molar-refractivity contribution in [3.8, 4) is 0 Å². The number of amides is 4. The van der Waals surface area contributed by atoms with Crippen LogP contribution in [0.25, 0.3) is 0 Å². The van der Waals surface area contributed by atoms with Crippen molar-refractivity contribution in [2.45, 2.75) is 33.6 Å². The summed E-state index contributed by atoms with van der Waals surface area (Å²) in [5.74, 6) is 1.04. The van der Waals surface area contributed by atoms with Crippen molar-refractivity contribution in [2.75, 3.05) is 48.5 Å². The van der Waals surface area contributed by atoms with E-state index in [-0.39, 0.29) is 34.3 Å². The van der Waals surface area contributed by atoms with Gasteiger partial charge in [0.15, 0.2) is 0 Å². The number of nitrogens with zero attached hydrogens (tertiary/aromatic N) is 2. The van der Waals surface area contributed by atoms with Gasteiger partial charge in [0.2, 0.25) is 11.9 Å². The second-order valence-corrected chi connectivity index (χ2v) is 8.91. The topological polar surface area (TPSA) is 198 Å². The molecule has 1 unspecified atom stereocenters. The summed E-state index contributed by atoms with van der Waals surface area (Å²) in [6, 6.07) is 1.62. The van der Waals surface area contributed by atoms with Crippen LogP contribution in [0.3, 0.4) is 0 Å². The fraction of sp³-hybridized carbons (Fsp3) is 0.524. The lowest BCUT2D eigenvalue weighted by atomic mass is 9.82. The van der Waals surface area contributed by atoms with E-state index in [4.69, 9.17) is 0 Å². The van der Waals surface area contributed by atoms with Crippen LogP contribution in [0.5, 0.6) is 0 Å². The number of hydrogen-bond acceptors (Lipinski definition) is 8. The first-order chi connectivity index (χ1) is 16.5. The van der Waals surface area contributed by atoms with E-state index < -0.39 is 12.1 Å². The van der Waals surface area contributed by atoms with E-state index in [1.54, 1.807) is 14.1 Å². The van der Waals surface area contributed by atoms with Crippen LogP contribution in [0, 0.1) is 11.3 Å². The number of anilines is 4. The Labute approximate surface area is 202 Å². The summed E-state index contributed by atoms with van der Waals surface area (Å²) < 4.78 is 0. The van der Waals surface area contributed by atoms with Crippen LogP contribution in [-0.4, -0.2) is 59.2 Å². The minimum absolute atomic E-state index is 0.0480. The van der Waals surface area contributed by atoms with Crippen LogP contribution in [0.1, 0.15) is 33.6 Å². The SMILES string of the molecule is CNc1cc(=O)[nH]c(NC(=O)NCCC(C)CC(C)(C)CNC(=O)Nc2nc(NC)cc(=O)[nH]2)n1. The van der Waals surface area contributed by atoms with E-state index in [1.165, 1.54) is 12.1 Å². The Kier molecular flexibility index (Phi) is 9.61. The molecule has 2 aromatic heterocycles. The normalized spacial score (nSPS) is 11.8. The average Bonchev–Trinajstić information content (AvgIpc) is 2.76. The molecule has 1 atom stereocenters. The molecule has 2 rings (SSSR count). The highest BCUT2D eigenvalue weighted by Gasteiger charge is 2.22. The summed E-state index contributed by atoms with van der Waals surface area (Å²) in [4.78, 5) is 60.5. The molecule has 0 fully saturated rings. The zero-order chi connectivity index (χ0) is 26.0. The quantitative estimate of drug-likeness (QED) is 0.231. The van der Waals surface area contributed by atoms with Gasteiger partial charge in [0.25, 0.3) is 11.1 Å². The molecule has 0 saturated carbocycles. The second-order valence-electron chi connectivity index (χ2n) is 8.91. The number of rotatable bonds is 11. The Hall–Kier alpha value is -4.10. The zero-order valence-electron chi connectivity index (χ0n) is 20.6. The molecule has 2 aromatic rings. The van der Waals surface area contributed by atoms with Crippen LogP contribution >= 0.6 is 0 Å². The van der Waals surface area contributed by atoms with Crippen LogP contribution in [0.15, 0.2) is 21.7 Å². The number of H-pyrrole nitrogens is 2. The highest BCUT2D eigenvalue weighted by Crippen LogP contribution is 2.26. The van der Waals surface area contributed by atoms with Crippen molar-refractivity contribution in [3.63, 3.8) is 0 Å². The van der Waals surface area contributed by atoms with Gasteiger partial charge in [-0.05, 0) is 24.2 Å². The molecule has 35 heavy (non-hydrogen) atoms. The third-order valence-electron chi connectivity index (χ3n) is 5.01. The van der Waals surface area contributed by atoms with Crippen LogP contribution in [0.4, 0.5) is 33.1 Å². The van der Waals surface area contributed by atoms with Gasteiger partial charge in [-0.15, -0.1) is 0 Å². The molecule has 0 aromatic carbocycles. The summed E-state index contributed by atoms with van der Waals surface area (Å²) in [7, 11) is 3.25. The lowest BCUT2D eigenvalue weighted by Gasteiger charge is -2.28. The van der Waals surface area contributed by atoms with Gasteiger partial charge < -0.3 is 21.3 Å². The molecule has 14 heteroatoms. The van der Waals surface area contributed by atoms with Crippen molar-refractivity contribution < 1.29 is 9.59 Å². The first-order valence-electron chi connectivity index (χ1n) is 11.2. The summed E-state index contributed by atoms with van der Waals surface area (Å²) in [5.41, 5.74) is -0.982. The third-order valence-corrected chi connectivity index (χ3v) is 5.01. The molecular formula is C21H34N10O4. The summed E-state index contributed by atoms with van der Waals surface area (Å²) in [6.07, 6.45) is 1.51. The van der Waals surface area contributed by atoms with E-state index in [2.05, 4.69) is 58.8 Å². The molecule has 4 amide bonds. The van der Waals surface area contributed by atoms with Crippen LogP contribution < -0.4 is 43.0 Å². The maximum absolute atomic E-state index is 12.2. The standard InChI is InChI=1S/C21H34N10O4/c1-12(6-7-24-19(34)30-17-26-13(22-4)8-15(32)28-17)10-21(2,3)11-25-20(35)31-18-27-14(23-5)9-16(33)29-18/h8-9,12H,6-7,10-11H2,1-5H3,(H4,22,24,26,28,30,32,34)(H4,23,25,27,29,31,33,35).